The third-order valence-corrected chi connectivity index (χ3v) is 8.54. The number of anilines is 2. The number of nitrogens with one attached hydrogen (secondary N) is 3. The van der Waals surface area contributed by atoms with E-state index in [0.29, 0.717) is 29.3 Å². The van der Waals surface area contributed by atoms with Gasteiger partial charge in [-0.1, -0.05) is 80.1 Å². The molecule has 0 radical (unpaired) electrons. The predicted octanol–water partition coefficient (Wildman–Crippen LogP) is 7.09. The number of aromatic nitrogens is 3. The third kappa shape index (κ3) is 6.91. The quantitative estimate of drug-likeness (QED) is 0.190. The SMILES string of the molecule is O=C(NC1CCc2ccccc21)[C@@H](CC1CCCCC1)Nc1cc(-n2cccc2)nc(NCc2cccc(Cl)c2)n1. The second kappa shape index (κ2) is 12.8. The highest BCUT2D eigenvalue weighted by molar-refractivity contribution is 6.30. The van der Waals surface area contributed by atoms with E-state index in [-0.39, 0.29) is 18.0 Å². The average Bonchev–Trinajstić information content (AvgIpc) is 3.67. The van der Waals surface area contributed by atoms with Crippen LogP contribution in [0.3, 0.4) is 0 Å². The molecule has 1 amide bonds. The summed E-state index contributed by atoms with van der Waals surface area (Å²) in [4.78, 5) is 23.4. The summed E-state index contributed by atoms with van der Waals surface area (Å²) in [5, 5.41) is 11.0. The molecule has 2 aliphatic rings. The van der Waals surface area contributed by atoms with Crippen LogP contribution in [0.15, 0.2) is 79.1 Å². The lowest BCUT2D eigenvalue weighted by molar-refractivity contribution is -0.123. The van der Waals surface area contributed by atoms with Gasteiger partial charge in [-0.2, -0.15) is 9.97 Å². The Bertz CT molecular complexity index is 1470. The van der Waals surface area contributed by atoms with Gasteiger partial charge in [0.2, 0.25) is 11.9 Å². The Morgan fingerprint density at radius 1 is 0.951 bits per heavy atom. The van der Waals surface area contributed by atoms with Crippen LogP contribution in [0.1, 0.15) is 67.7 Å². The fourth-order valence-corrected chi connectivity index (χ4v) is 6.39. The van der Waals surface area contributed by atoms with Crippen molar-refractivity contribution in [2.45, 2.75) is 70.0 Å². The Kier molecular flexibility index (Phi) is 8.52. The largest absolute Gasteiger partial charge is 0.358 e. The summed E-state index contributed by atoms with van der Waals surface area (Å²) < 4.78 is 1.95. The molecule has 1 unspecified atom stereocenters. The zero-order chi connectivity index (χ0) is 28.0. The Morgan fingerprint density at radius 2 is 1.78 bits per heavy atom. The van der Waals surface area contributed by atoms with Crippen LogP contribution >= 0.6 is 11.6 Å². The molecule has 2 atom stereocenters. The molecule has 2 aromatic heterocycles. The Labute approximate surface area is 246 Å². The van der Waals surface area contributed by atoms with Crippen LogP contribution in [0, 0.1) is 5.92 Å². The first-order chi connectivity index (χ1) is 20.1. The minimum Gasteiger partial charge on any atom is -0.358 e. The van der Waals surface area contributed by atoms with Crippen LogP contribution in [0.2, 0.25) is 5.02 Å². The molecule has 212 valence electrons. The fraction of sp³-hybridized carbons (Fsp3) is 0.364. The zero-order valence-electron chi connectivity index (χ0n) is 23.2. The van der Waals surface area contributed by atoms with E-state index in [4.69, 9.17) is 21.6 Å². The minimum atomic E-state index is -0.390. The molecule has 2 aliphatic carbocycles. The van der Waals surface area contributed by atoms with Gasteiger partial charge in [0.1, 0.15) is 17.7 Å². The van der Waals surface area contributed by atoms with E-state index >= 15 is 0 Å². The molecule has 1 saturated carbocycles. The van der Waals surface area contributed by atoms with Crippen LogP contribution in [0.5, 0.6) is 0 Å². The third-order valence-electron chi connectivity index (χ3n) is 8.30. The number of rotatable bonds is 10. The van der Waals surface area contributed by atoms with Crippen LogP contribution in [-0.2, 0) is 17.8 Å². The van der Waals surface area contributed by atoms with Crippen molar-refractivity contribution in [3.05, 3.63) is 101 Å². The molecule has 6 rings (SSSR count). The minimum absolute atomic E-state index is 0.0341. The topological polar surface area (TPSA) is 83.9 Å². The molecule has 41 heavy (non-hydrogen) atoms. The first-order valence-corrected chi connectivity index (χ1v) is 15.1. The maximum absolute atomic E-state index is 13.9. The molecule has 1 fully saturated rings. The number of fused-ring (bicyclic) bond motifs is 1. The lowest BCUT2D eigenvalue weighted by Gasteiger charge is -2.28. The second-order valence-electron chi connectivity index (χ2n) is 11.2. The maximum Gasteiger partial charge on any atom is 0.243 e. The summed E-state index contributed by atoms with van der Waals surface area (Å²) in [5.41, 5.74) is 3.60. The van der Waals surface area contributed by atoms with Crippen molar-refractivity contribution in [2.24, 2.45) is 5.92 Å². The molecule has 7 nitrogen and oxygen atoms in total. The van der Waals surface area contributed by atoms with Gasteiger partial charge >= 0.3 is 0 Å². The van der Waals surface area contributed by atoms with Gasteiger partial charge in [-0.3, -0.25) is 4.79 Å². The van der Waals surface area contributed by atoms with Crippen molar-refractivity contribution < 1.29 is 4.79 Å². The van der Waals surface area contributed by atoms with Crippen molar-refractivity contribution in [1.82, 2.24) is 19.9 Å². The molecule has 3 N–H and O–H groups in total. The second-order valence-corrected chi connectivity index (χ2v) is 11.7. The van der Waals surface area contributed by atoms with Gasteiger partial charge in [0.25, 0.3) is 0 Å². The zero-order valence-corrected chi connectivity index (χ0v) is 24.0. The number of amides is 1. The monoisotopic (exact) mass is 568 g/mol. The Morgan fingerprint density at radius 3 is 2.61 bits per heavy atom. The predicted molar refractivity (Wildman–Crippen MR) is 164 cm³/mol. The summed E-state index contributed by atoms with van der Waals surface area (Å²) in [6, 6.07) is 21.7. The molecule has 0 spiro atoms. The summed E-state index contributed by atoms with van der Waals surface area (Å²) >= 11 is 6.19. The van der Waals surface area contributed by atoms with Crippen molar-refractivity contribution in [1.29, 1.82) is 0 Å². The number of carbonyl (C=O) groups is 1. The Hall–Kier alpha value is -3.84. The number of halogens is 1. The molecule has 2 heterocycles. The molecular formula is C33H37ClN6O. The number of hydrogen-bond acceptors (Lipinski definition) is 5. The van der Waals surface area contributed by atoms with Crippen LogP contribution < -0.4 is 16.0 Å². The number of carbonyl (C=O) groups excluding carboxylic acids is 1. The van der Waals surface area contributed by atoms with E-state index < -0.39 is 0 Å². The lowest BCUT2D eigenvalue weighted by Crippen LogP contribution is -2.42. The summed E-state index contributed by atoms with van der Waals surface area (Å²) in [7, 11) is 0. The number of aryl methyl sites for hydroxylation is 1. The van der Waals surface area contributed by atoms with Gasteiger partial charge in [-0.05, 0) is 66.1 Å². The van der Waals surface area contributed by atoms with Crippen LogP contribution in [0.25, 0.3) is 5.82 Å². The van der Waals surface area contributed by atoms with Gasteiger partial charge in [0.15, 0.2) is 0 Å². The van der Waals surface area contributed by atoms with Crippen LogP contribution in [0.4, 0.5) is 11.8 Å². The smallest absolute Gasteiger partial charge is 0.243 e. The van der Waals surface area contributed by atoms with Gasteiger partial charge in [-0.15, -0.1) is 0 Å². The normalized spacial score (nSPS) is 17.5. The van der Waals surface area contributed by atoms with E-state index in [9.17, 15) is 4.79 Å². The summed E-state index contributed by atoms with van der Waals surface area (Å²) in [5.74, 6) is 2.39. The molecule has 0 aliphatic heterocycles. The Balaban J connectivity index is 1.25. The fourth-order valence-electron chi connectivity index (χ4n) is 6.18. The standard InChI is InChI=1S/C33H37ClN6O/c34-26-13-8-11-24(19-26)22-35-33-38-30(21-31(39-33)40-17-6-7-18-40)36-29(20-23-9-2-1-3-10-23)32(41)37-28-16-15-25-12-4-5-14-27(25)28/h4-8,11-14,17-19,21,23,28-29H,1-3,9-10,15-16,20,22H2,(H,37,41)(H2,35,36,38,39)/t28?,29-/m1/s1. The lowest BCUT2D eigenvalue weighted by atomic mass is 9.84. The molecule has 0 bridgehead atoms. The highest BCUT2D eigenvalue weighted by atomic mass is 35.5. The van der Waals surface area contributed by atoms with E-state index in [1.54, 1.807) is 0 Å². The van der Waals surface area contributed by atoms with Crippen molar-refractivity contribution in [3.63, 3.8) is 0 Å². The van der Waals surface area contributed by atoms with E-state index in [1.165, 1.54) is 43.2 Å². The van der Waals surface area contributed by atoms with Gasteiger partial charge in [-0.25, -0.2) is 0 Å². The molecule has 8 heteroatoms. The van der Waals surface area contributed by atoms with E-state index in [1.807, 2.05) is 59.4 Å². The summed E-state index contributed by atoms with van der Waals surface area (Å²) in [6.07, 6.45) is 12.7. The molecular weight excluding hydrogens is 532 g/mol. The number of benzene rings is 2. The number of nitrogens with zero attached hydrogens (tertiary/aromatic N) is 3. The highest BCUT2D eigenvalue weighted by Crippen LogP contribution is 2.32. The van der Waals surface area contributed by atoms with Gasteiger partial charge in [0, 0.05) is 30.0 Å². The van der Waals surface area contributed by atoms with E-state index in [2.05, 4.69) is 40.2 Å². The molecule has 0 saturated heterocycles. The molecule has 4 aromatic rings. The van der Waals surface area contributed by atoms with Crippen molar-refractivity contribution in [2.75, 3.05) is 10.6 Å². The molecule has 2 aromatic carbocycles. The van der Waals surface area contributed by atoms with E-state index in [0.717, 1.165) is 30.6 Å². The average molecular weight is 569 g/mol. The van der Waals surface area contributed by atoms with Crippen molar-refractivity contribution >= 4 is 29.3 Å². The van der Waals surface area contributed by atoms with Gasteiger partial charge in [0.05, 0.1) is 6.04 Å². The number of hydrogen-bond donors (Lipinski definition) is 3. The summed E-state index contributed by atoms with van der Waals surface area (Å²) in [6.45, 7) is 0.530. The van der Waals surface area contributed by atoms with Crippen LogP contribution in [-0.4, -0.2) is 26.5 Å². The van der Waals surface area contributed by atoms with Gasteiger partial charge < -0.3 is 20.5 Å². The first kappa shape index (κ1) is 27.3. The highest BCUT2D eigenvalue weighted by Gasteiger charge is 2.29. The van der Waals surface area contributed by atoms with Crippen molar-refractivity contribution in [3.8, 4) is 5.82 Å². The first-order valence-electron chi connectivity index (χ1n) is 14.8. The maximum atomic E-state index is 13.9.